The Labute approximate surface area is 79.7 Å². The summed E-state index contributed by atoms with van der Waals surface area (Å²) in [6.07, 6.45) is 7.80. The summed E-state index contributed by atoms with van der Waals surface area (Å²) in [6, 6.07) is 0. The molecule has 0 bridgehead atoms. The zero-order valence-electron chi connectivity index (χ0n) is 8.34. The van der Waals surface area contributed by atoms with E-state index in [2.05, 4.69) is 0 Å². The van der Waals surface area contributed by atoms with Crippen LogP contribution in [0.1, 0.15) is 44.9 Å². The fourth-order valence-electron chi connectivity index (χ4n) is 2.98. The lowest BCUT2D eigenvalue weighted by molar-refractivity contribution is -0.130. The van der Waals surface area contributed by atoms with Gasteiger partial charge in [-0.1, -0.05) is 0 Å². The van der Waals surface area contributed by atoms with Gasteiger partial charge in [0, 0.05) is 18.9 Å². The van der Waals surface area contributed by atoms with Crippen molar-refractivity contribution in [3.05, 3.63) is 0 Å². The van der Waals surface area contributed by atoms with Gasteiger partial charge in [-0.25, -0.2) is 0 Å². The van der Waals surface area contributed by atoms with Gasteiger partial charge < -0.3 is 4.74 Å². The van der Waals surface area contributed by atoms with E-state index in [-0.39, 0.29) is 5.41 Å². The summed E-state index contributed by atoms with van der Waals surface area (Å²) >= 11 is 0. The average molecular weight is 182 g/mol. The second-order valence-electron chi connectivity index (χ2n) is 4.51. The highest BCUT2D eigenvalue weighted by Gasteiger charge is 2.44. The number of carbonyl (C=O) groups is 1. The molecule has 13 heavy (non-hydrogen) atoms. The van der Waals surface area contributed by atoms with Crippen molar-refractivity contribution in [1.29, 1.82) is 0 Å². The van der Waals surface area contributed by atoms with Gasteiger partial charge in [0.25, 0.3) is 0 Å². The minimum absolute atomic E-state index is 0.0406. The first-order valence-corrected chi connectivity index (χ1v) is 5.33. The third-order valence-electron chi connectivity index (χ3n) is 3.78. The van der Waals surface area contributed by atoms with E-state index < -0.39 is 0 Å². The van der Waals surface area contributed by atoms with Gasteiger partial charge in [-0.05, 0) is 38.5 Å². The maximum absolute atomic E-state index is 11.8. The van der Waals surface area contributed by atoms with Crippen molar-refractivity contribution >= 4 is 5.78 Å². The van der Waals surface area contributed by atoms with E-state index in [1.165, 1.54) is 6.42 Å². The van der Waals surface area contributed by atoms with Gasteiger partial charge in [-0.2, -0.15) is 0 Å². The number of ketones is 1. The third kappa shape index (κ3) is 1.52. The van der Waals surface area contributed by atoms with Crippen molar-refractivity contribution in [2.75, 3.05) is 7.11 Å². The van der Waals surface area contributed by atoms with Crippen LogP contribution in [0.4, 0.5) is 0 Å². The number of hydrogen-bond acceptors (Lipinski definition) is 2. The SMILES string of the molecule is CO[C@@H]1CCC[C@]2(CCCC2=O)C1. The first-order valence-electron chi connectivity index (χ1n) is 5.33. The van der Waals surface area contributed by atoms with Gasteiger partial charge in [0.1, 0.15) is 5.78 Å². The third-order valence-corrected chi connectivity index (χ3v) is 3.78. The highest BCUT2D eigenvalue weighted by Crippen LogP contribution is 2.47. The highest BCUT2D eigenvalue weighted by atomic mass is 16.5. The van der Waals surface area contributed by atoms with Crippen LogP contribution in [-0.2, 0) is 9.53 Å². The second kappa shape index (κ2) is 3.41. The maximum atomic E-state index is 11.8. The molecule has 0 heterocycles. The van der Waals surface area contributed by atoms with E-state index >= 15 is 0 Å². The predicted octanol–water partition coefficient (Wildman–Crippen LogP) is 2.31. The Hall–Kier alpha value is -0.370. The standard InChI is InChI=1S/C11H18O2/c1-13-9-4-2-6-11(8-9)7-3-5-10(11)12/h9H,2-8H2,1H3/t9-,11+/m1/s1. The first kappa shape index (κ1) is 9.20. The van der Waals surface area contributed by atoms with Crippen molar-refractivity contribution in [3.8, 4) is 0 Å². The molecule has 2 rings (SSSR count). The molecule has 2 nitrogen and oxygen atoms in total. The maximum Gasteiger partial charge on any atom is 0.139 e. The molecule has 74 valence electrons. The molecule has 0 aliphatic heterocycles. The quantitative estimate of drug-likeness (QED) is 0.622. The molecule has 0 unspecified atom stereocenters. The lowest BCUT2D eigenvalue weighted by Gasteiger charge is -2.35. The fraction of sp³-hybridized carbons (Fsp3) is 0.909. The molecule has 0 saturated heterocycles. The number of hydrogen-bond donors (Lipinski definition) is 0. The summed E-state index contributed by atoms with van der Waals surface area (Å²) in [5, 5.41) is 0. The molecule has 2 aliphatic rings. The van der Waals surface area contributed by atoms with Gasteiger partial charge in [0.2, 0.25) is 0 Å². The van der Waals surface area contributed by atoms with Gasteiger partial charge in [0.05, 0.1) is 6.10 Å². The normalized spacial score (nSPS) is 40.1. The molecular weight excluding hydrogens is 164 g/mol. The number of carbonyl (C=O) groups excluding carboxylic acids is 1. The van der Waals surface area contributed by atoms with E-state index in [1.54, 1.807) is 7.11 Å². The van der Waals surface area contributed by atoms with Crippen LogP contribution >= 0.6 is 0 Å². The monoisotopic (exact) mass is 182 g/mol. The van der Waals surface area contributed by atoms with Crippen LogP contribution in [-0.4, -0.2) is 19.0 Å². The Kier molecular flexibility index (Phi) is 2.41. The van der Waals surface area contributed by atoms with E-state index in [0.717, 1.165) is 38.5 Å². The molecule has 0 N–H and O–H groups in total. The summed E-state index contributed by atoms with van der Waals surface area (Å²) in [7, 11) is 1.77. The fourth-order valence-corrected chi connectivity index (χ4v) is 2.98. The van der Waals surface area contributed by atoms with Gasteiger partial charge >= 0.3 is 0 Å². The van der Waals surface area contributed by atoms with Crippen LogP contribution in [0.15, 0.2) is 0 Å². The first-order chi connectivity index (χ1) is 6.27. The van der Waals surface area contributed by atoms with Crippen molar-refractivity contribution in [2.24, 2.45) is 5.41 Å². The van der Waals surface area contributed by atoms with E-state index in [1.807, 2.05) is 0 Å². The molecule has 0 amide bonds. The lowest BCUT2D eigenvalue weighted by atomic mass is 9.71. The van der Waals surface area contributed by atoms with E-state index in [0.29, 0.717) is 11.9 Å². The van der Waals surface area contributed by atoms with Gasteiger partial charge in [0.15, 0.2) is 0 Å². The zero-order chi connectivity index (χ0) is 9.31. The largest absolute Gasteiger partial charge is 0.381 e. The van der Waals surface area contributed by atoms with Crippen molar-refractivity contribution in [3.63, 3.8) is 0 Å². The topological polar surface area (TPSA) is 26.3 Å². The Bertz CT molecular complexity index is 212. The number of methoxy groups -OCH3 is 1. The highest BCUT2D eigenvalue weighted by molar-refractivity contribution is 5.86. The molecule has 0 aromatic heterocycles. The van der Waals surface area contributed by atoms with Crippen molar-refractivity contribution in [1.82, 2.24) is 0 Å². The molecular formula is C11H18O2. The summed E-state index contributed by atoms with van der Waals surface area (Å²) in [6.45, 7) is 0. The molecule has 0 aromatic rings. The summed E-state index contributed by atoms with van der Waals surface area (Å²) < 4.78 is 5.37. The lowest BCUT2D eigenvalue weighted by Crippen LogP contribution is -2.35. The molecule has 1 spiro atoms. The molecule has 2 heteroatoms. The molecule has 0 radical (unpaired) electrons. The molecule has 2 fully saturated rings. The summed E-state index contributed by atoms with van der Waals surface area (Å²) in [5.41, 5.74) is 0.0406. The van der Waals surface area contributed by atoms with Crippen LogP contribution in [0.5, 0.6) is 0 Å². The Balaban J connectivity index is 2.09. The molecule has 0 aromatic carbocycles. The Morgan fingerprint density at radius 2 is 2.15 bits per heavy atom. The van der Waals surface area contributed by atoms with Crippen LogP contribution in [0, 0.1) is 5.41 Å². The van der Waals surface area contributed by atoms with E-state index in [9.17, 15) is 4.79 Å². The molecule has 2 aliphatic carbocycles. The van der Waals surface area contributed by atoms with Crippen LogP contribution in [0.3, 0.4) is 0 Å². The number of ether oxygens (including phenoxy) is 1. The summed E-state index contributed by atoms with van der Waals surface area (Å²) in [5.74, 6) is 0.509. The average Bonchev–Trinajstić information content (AvgIpc) is 2.48. The van der Waals surface area contributed by atoms with Crippen molar-refractivity contribution in [2.45, 2.75) is 51.0 Å². The smallest absolute Gasteiger partial charge is 0.139 e. The predicted molar refractivity (Wildman–Crippen MR) is 50.6 cm³/mol. The number of Topliss-reactive ketones (excluding diaryl/α,β-unsaturated/α-hetero) is 1. The van der Waals surface area contributed by atoms with Crippen LogP contribution in [0.2, 0.25) is 0 Å². The molecule has 2 atom stereocenters. The number of rotatable bonds is 1. The molecule has 2 saturated carbocycles. The minimum atomic E-state index is 0.0406. The summed E-state index contributed by atoms with van der Waals surface area (Å²) in [4.78, 5) is 11.8. The minimum Gasteiger partial charge on any atom is -0.381 e. The van der Waals surface area contributed by atoms with E-state index in [4.69, 9.17) is 4.74 Å². The Morgan fingerprint density at radius 1 is 1.38 bits per heavy atom. The zero-order valence-corrected chi connectivity index (χ0v) is 8.34. The van der Waals surface area contributed by atoms with Crippen LogP contribution < -0.4 is 0 Å². The van der Waals surface area contributed by atoms with Crippen molar-refractivity contribution < 1.29 is 9.53 Å². The second-order valence-corrected chi connectivity index (χ2v) is 4.51. The Morgan fingerprint density at radius 3 is 2.77 bits per heavy atom. The van der Waals surface area contributed by atoms with Crippen LogP contribution in [0.25, 0.3) is 0 Å². The van der Waals surface area contributed by atoms with Gasteiger partial charge in [-0.15, -0.1) is 0 Å². The van der Waals surface area contributed by atoms with Gasteiger partial charge in [-0.3, -0.25) is 4.79 Å².